The van der Waals surface area contributed by atoms with Gasteiger partial charge in [-0.15, -0.1) is 11.3 Å². The number of hydrogen-bond donors (Lipinski definition) is 2. The van der Waals surface area contributed by atoms with Gasteiger partial charge >= 0.3 is 0 Å². The van der Waals surface area contributed by atoms with Gasteiger partial charge in [0, 0.05) is 14.9 Å². The first kappa shape index (κ1) is 12.7. The van der Waals surface area contributed by atoms with E-state index in [9.17, 15) is 0 Å². The number of halogens is 1. The summed E-state index contributed by atoms with van der Waals surface area (Å²) in [6.45, 7) is 1.86. The molecule has 0 spiro atoms. The van der Waals surface area contributed by atoms with Crippen LogP contribution in [-0.2, 0) is 0 Å². The second-order valence-corrected chi connectivity index (χ2v) is 5.62. The van der Waals surface area contributed by atoms with Crippen LogP contribution < -0.4 is 5.73 Å². The molecule has 1 unspecified atom stereocenters. The zero-order chi connectivity index (χ0) is 12.4. The lowest BCUT2D eigenvalue weighted by atomic mass is 10.2. The molecule has 0 aliphatic carbocycles. The molecule has 0 aliphatic heterocycles. The van der Waals surface area contributed by atoms with Crippen molar-refractivity contribution in [2.45, 2.75) is 13.0 Å². The molecule has 1 aromatic heterocycles. The fourth-order valence-corrected chi connectivity index (χ4v) is 3.29. The Labute approximate surface area is 112 Å². The SMILES string of the molecule is Cc1nc(-c2ccccc2Br)sc1C(N)CO. The van der Waals surface area contributed by atoms with Crippen molar-refractivity contribution in [2.24, 2.45) is 5.73 Å². The minimum atomic E-state index is -0.344. The lowest BCUT2D eigenvalue weighted by molar-refractivity contribution is 0.269. The number of nitrogens with zero attached hydrogens (tertiary/aromatic N) is 1. The molecule has 1 aromatic carbocycles. The summed E-state index contributed by atoms with van der Waals surface area (Å²) in [6.07, 6.45) is 0. The van der Waals surface area contributed by atoms with E-state index in [0.717, 1.165) is 25.6 Å². The third-order valence-electron chi connectivity index (χ3n) is 2.47. The first-order chi connectivity index (χ1) is 8.13. The van der Waals surface area contributed by atoms with E-state index in [1.807, 2.05) is 31.2 Å². The van der Waals surface area contributed by atoms with Gasteiger partial charge in [0.2, 0.25) is 0 Å². The van der Waals surface area contributed by atoms with Crippen LogP contribution in [-0.4, -0.2) is 16.7 Å². The molecule has 17 heavy (non-hydrogen) atoms. The van der Waals surface area contributed by atoms with Crippen molar-refractivity contribution in [3.05, 3.63) is 39.3 Å². The van der Waals surface area contributed by atoms with Gasteiger partial charge in [0.25, 0.3) is 0 Å². The molecule has 0 saturated heterocycles. The average molecular weight is 313 g/mol. The molecule has 1 heterocycles. The second-order valence-electron chi connectivity index (χ2n) is 3.74. The normalized spacial score (nSPS) is 12.7. The van der Waals surface area contributed by atoms with Crippen LogP contribution in [0, 0.1) is 6.92 Å². The highest BCUT2D eigenvalue weighted by molar-refractivity contribution is 9.10. The van der Waals surface area contributed by atoms with Crippen LogP contribution >= 0.6 is 27.3 Å². The van der Waals surface area contributed by atoms with Gasteiger partial charge in [0.15, 0.2) is 0 Å². The summed E-state index contributed by atoms with van der Waals surface area (Å²) in [5.41, 5.74) is 7.78. The summed E-state index contributed by atoms with van der Waals surface area (Å²) < 4.78 is 1.01. The standard InChI is InChI=1S/C12H13BrN2OS/c1-7-11(10(14)6-16)17-12(15-7)8-4-2-3-5-9(8)13/h2-5,10,16H,6,14H2,1H3. The number of aryl methyl sites for hydroxylation is 1. The van der Waals surface area contributed by atoms with Crippen LogP contribution in [0.2, 0.25) is 0 Å². The monoisotopic (exact) mass is 312 g/mol. The zero-order valence-corrected chi connectivity index (χ0v) is 11.8. The highest BCUT2D eigenvalue weighted by atomic mass is 79.9. The van der Waals surface area contributed by atoms with Gasteiger partial charge in [0.05, 0.1) is 18.3 Å². The average Bonchev–Trinajstić information content (AvgIpc) is 2.71. The molecule has 90 valence electrons. The van der Waals surface area contributed by atoms with E-state index in [2.05, 4.69) is 20.9 Å². The van der Waals surface area contributed by atoms with Crippen molar-refractivity contribution in [1.82, 2.24) is 4.98 Å². The molecular formula is C12H13BrN2OS. The van der Waals surface area contributed by atoms with Crippen molar-refractivity contribution in [1.29, 1.82) is 0 Å². The third-order valence-corrected chi connectivity index (χ3v) is 4.48. The van der Waals surface area contributed by atoms with Crippen molar-refractivity contribution in [3.8, 4) is 10.6 Å². The Bertz CT molecular complexity index is 527. The van der Waals surface area contributed by atoms with Crippen LogP contribution in [0.3, 0.4) is 0 Å². The maximum Gasteiger partial charge on any atom is 0.125 e. The largest absolute Gasteiger partial charge is 0.394 e. The minimum Gasteiger partial charge on any atom is -0.394 e. The number of nitrogens with two attached hydrogens (primary N) is 1. The predicted octanol–water partition coefficient (Wildman–Crippen LogP) is 2.87. The molecule has 0 aliphatic rings. The number of thiazole rings is 1. The van der Waals surface area contributed by atoms with Gasteiger partial charge in [0.1, 0.15) is 5.01 Å². The zero-order valence-electron chi connectivity index (χ0n) is 9.35. The number of rotatable bonds is 3. The number of aromatic nitrogens is 1. The van der Waals surface area contributed by atoms with E-state index in [1.54, 1.807) is 0 Å². The van der Waals surface area contributed by atoms with E-state index in [1.165, 1.54) is 11.3 Å². The van der Waals surface area contributed by atoms with Gasteiger partial charge in [-0.05, 0) is 13.0 Å². The van der Waals surface area contributed by atoms with Crippen LogP contribution in [0.15, 0.2) is 28.7 Å². The van der Waals surface area contributed by atoms with Gasteiger partial charge in [-0.25, -0.2) is 4.98 Å². The van der Waals surface area contributed by atoms with E-state index in [0.29, 0.717) is 0 Å². The summed E-state index contributed by atoms with van der Waals surface area (Å²) >= 11 is 5.04. The number of aliphatic hydroxyl groups excluding tert-OH is 1. The Morgan fingerprint density at radius 2 is 2.18 bits per heavy atom. The fraction of sp³-hybridized carbons (Fsp3) is 0.250. The van der Waals surface area contributed by atoms with Gasteiger partial charge in [-0.3, -0.25) is 0 Å². The van der Waals surface area contributed by atoms with Crippen LogP contribution in [0.5, 0.6) is 0 Å². The Morgan fingerprint density at radius 1 is 1.47 bits per heavy atom. The molecular weight excluding hydrogens is 300 g/mol. The van der Waals surface area contributed by atoms with E-state index in [4.69, 9.17) is 10.8 Å². The highest BCUT2D eigenvalue weighted by Gasteiger charge is 2.15. The molecule has 2 rings (SSSR count). The molecule has 3 nitrogen and oxygen atoms in total. The number of hydrogen-bond acceptors (Lipinski definition) is 4. The Balaban J connectivity index is 2.45. The Morgan fingerprint density at radius 3 is 2.82 bits per heavy atom. The van der Waals surface area contributed by atoms with Crippen LogP contribution in [0.4, 0.5) is 0 Å². The summed E-state index contributed by atoms with van der Waals surface area (Å²) in [5, 5.41) is 10.0. The van der Waals surface area contributed by atoms with E-state index in [-0.39, 0.29) is 12.6 Å². The Kier molecular flexibility index (Phi) is 3.93. The quantitative estimate of drug-likeness (QED) is 0.916. The van der Waals surface area contributed by atoms with Crippen molar-refractivity contribution in [3.63, 3.8) is 0 Å². The summed E-state index contributed by atoms with van der Waals surface area (Å²) in [5.74, 6) is 0. The van der Waals surface area contributed by atoms with Crippen molar-refractivity contribution < 1.29 is 5.11 Å². The summed E-state index contributed by atoms with van der Waals surface area (Å²) in [7, 11) is 0. The topological polar surface area (TPSA) is 59.1 Å². The maximum absolute atomic E-state index is 9.09. The highest BCUT2D eigenvalue weighted by Crippen LogP contribution is 2.34. The molecule has 0 amide bonds. The minimum absolute atomic E-state index is 0.0571. The molecule has 0 saturated carbocycles. The molecule has 5 heteroatoms. The first-order valence-corrected chi connectivity index (χ1v) is 6.83. The molecule has 1 atom stereocenters. The van der Waals surface area contributed by atoms with Gasteiger partial charge < -0.3 is 10.8 Å². The van der Waals surface area contributed by atoms with Crippen molar-refractivity contribution >= 4 is 27.3 Å². The second kappa shape index (κ2) is 5.27. The van der Waals surface area contributed by atoms with Gasteiger partial charge in [-0.2, -0.15) is 0 Å². The third kappa shape index (κ3) is 2.57. The number of aliphatic hydroxyl groups is 1. The van der Waals surface area contributed by atoms with Crippen molar-refractivity contribution in [2.75, 3.05) is 6.61 Å². The Hall–Kier alpha value is -0.750. The van der Waals surface area contributed by atoms with Crippen LogP contribution in [0.1, 0.15) is 16.6 Å². The smallest absolute Gasteiger partial charge is 0.125 e. The maximum atomic E-state index is 9.09. The van der Waals surface area contributed by atoms with E-state index < -0.39 is 0 Å². The predicted molar refractivity (Wildman–Crippen MR) is 74.0 cm³/mol. The summed E-state index contributed by atoms with van der Waals surface area (Å²) in [4.78, 5) is 5.45. The molecule has 0 bridgehead atoms. The van der Waals surface area contributed by atoms with Crippen LogP contribution in [0.25, 0.3) is 10.6 Å². The summed E-state index contributed by atoms with van der Waals surface area (Å²) in [6, 6.07) is 7.59. The molecule has 2 aromatic rings. The molecule has 3 N–H and O–H groups in total. The van der Waals surface area contributed by atoms with E-state index >= 15 is 0 Å². The number of benzene rings is 1. The lowest BCUT2D eigenvalue weighted by Gasteiger charge is -2.04. The van der Waals surface area contributed by atoms with Gasteiger partial charge in [-0.1, -0.05) is 34.1 Å². The first-order valence-electron chi connectivity index (χ1n) is 5.22. The lowest BCUT2D eigenvalue weighted by Crippen LogP contribution is -2.13. The molecule has 0 radical (unpaired) electrons. The molecule has 0 fully saturated rings. The fourth-order valence-electron chi connectivity index (χ4n) is 1.59.